The molecule has 0 unspecified atom stereocenters. The maximum atomic E-state index is 11.0. The Bertz CT molecular complexity index is 503. The average molecular weight is 314 g/mol. The third-order valence-electron chi connectivity index (χ3n) is 1.36. The van der Waals surface area contributed by atoms with E-state index in [0.29, 0.717) is 5.69 Å². The number of nitrogens with zero attached hydrogens (tertiary/aromatic N) is 1. The molecule has 0 saturated heterocycles. The van der Waals surface area contributed by atoms with Gasteiger partial charge in [0.05, 0.1) is 16.4 Å². The number of hydrogen-bond donors (Lipinski definition) is 1. The molecule has 8 heteroatoms. The molecule has 0 aliphatic heterocycles. The summed E-state index contributed by atoms with van der Waals surface area (Å²) in [6.07, 6.45) is 1.21. The van der Waals surface area contributed by atoms with Gasteiger partial charge in [0, 0.05) is 17.6 Å². The van der Waals surface area contributed by atoms with E-state index in [4.69, 9.17) is 10.7 Å². The highest BCUT2D eigenvalue weighted by Crippen LogP contribution is 2.25. The van der Waals surface area contributed by atoms with Crippen molar-refractivity contribution in [2.24, 2.45) is 0 Å². The maximum Gasteiger partial charge on any atom is 0.279 e. The number of halogens is 2. The van der Waals surface area contributed by atoms with Gasteiger partial charge in [-0.15, -0.1) is 0 Å². The minimum absolute atomic E-state index is 0.198. The first-order valence-corrected chi connectivity index (χ1v) is 6.79. The number of carbonyl (C=O) groups is 1. The Balaban J connectivity index is 3.15. The van der Waals surface area contributed by atoms with E-state index >= 15 is 0 Å². The van der Waals surface area contributed by atoms with Gasteiger partial charge in [0.25, 0.3) is 9.05 Å². The highest BCUT2D eigenvalue weighted by molar-refractivity contribution is 9.10. The summed E-state index contributed by atoms with van der Waals surface area (Å²) in [6.45, 7) is 1.33. The Hall–Kier alpha value is -0.660. The van der Waals surface area contributed by atoms with Gasteiger partial charge in [-0.25, -0.2) is 13.4 Å². The predicted molar refractivity (Wildman–Crippen MR) is 59.3 cm³/mol. The van der Waals surface area contributed by atoms with Gasteiger partial charge < -0.3 is 5.32 Å². The molecule has 1 aromatic heterocycles. The lowest BCUT2D eigenvalue weighted by atomic mass is 10.4. The SMILES string of the molecule is CC(=O)Nc1cnc(S(=O)(=O)Cl)c(Br)c1. The fourth-order valence-corrected chi connectivity index (χ4v) is 2.98. The number of pyridine rings is 1. The molecule has 0 radical (unpaired) electrons. The Labute approximate surface area is 99.4 Å². The van der Waals surface area contributed by atoms with Crippen LogP contribution in [-0.4, -0.2) is 19.3 Å². The van der Waals surface area contributed by atoms with Crippen molar-refractivity contribution in [2.45, 2.75) is 11.9 Å². The quantitative estimate of drug-likeness (QED) is 0.844. The summed E-state index contributed by atoms with van der Waals surface area (Å²) in [5.41, 5.74) is 0.387. The van der Waals surface area contributed by atoms with Crippen LogP contribution in [0.2, 0.25) is 0 Å². The lowest BCUT2D eigenvalue weighted by Gasteiger charge is -2.04. The molecule has 5 nitrogen and oxygen atoms in total. The molecule has 82 valence electrons. The minimum atomic E-state index is -3.88. The van der Waals surface area contributed by atoms with Gasteiger partial charge in [-0.05, 0) is 22.0 Å². The van der Waals surface area contributed by atoms with E-state index in [-0.39, 0.29) is 15.4 Å². The van der Waals surface area contributed by atoms with Crippen molar-refractivity contribution >= 4 is 47.3 Å². The smallest absolute Gasteiger partial charge is 0.279 e. The summed E-state index contributed by atoms with van der Waals surface area (Å²) >= 11 is 3.00. The summed E-state index contributed by atoms with van der Waals surface area (Å²) in [4.78, 5) is 14.3. The Morgan fingerprint density at radius 1 is 1.60 bits per heavy atom. The molecule has 0 atom stereocenters. The Morgan fingerprint density at radius 3 is 2.60 bits per heavy atom. The van der Waals surface area contributed by atoms with Crippen LogP contribution in [0.4, 0.5) is 5.69 Å². The van der Waals surface area contributed by atoms with Crippen LogP contribution in [0.3, 0.4) is 0 Å². The second-order valence-corrected chi connectivity index (χ2v) is 5.97. The monoisotopic (exact) mass is 312 g/mol. The minimum Gasteiger partial charge on any atom is -0.325 e. The van der Waals surface area contributed by atoms with Crippen molar-refractivity contribution in [2.75, 3.05) is 5.32 Å². The molecule has 1 aromatic rings. The second-order valence-electron chi connectivity index (χ2n) is 2.63. The molecule has 1 amide bonds. The molecule has 0 aromatic carbocycles. The van der Waals surface area contributed by atoms with E-state index < -0.39 is 9.05 Å². The van der Waals surface area contributed by atoms with Crippen molar-refractivity contribution < 1.29 is 13.2 Å². The molecule has 0 saturated carbocycles. The van der Waals surface area contributed by atoms with Crippen LogP contribution < -0.4 is 5.32 Å². The van der Waals surface area contributed by atoms with Crippen LogP contribution in [0.15, 0.2) is 21.8 Å². The van der Waals surface area contributed by atoms with E-state index in [2.05, 4.69) is 26.2 Å². The number of aromatic nitrogens is 1. The highest BCUT2D eigenvalue weighted by atomic mass is 79.9. The lowest BCUT2D eigenvalue weighted by Crippen LogP contribution is -2.07. The molecular weight excluding hydrogens is 308 g/mol. The van der Waals surface area contributed by atoms with Crippen LogP contribution >= 0.6 is 26.6 Å². The van der Waals surface area contributed by atoms with Crippen LogP contribution in [0.1, 0.15) is 6.92 Å². The molecule has 1 heterocycles. The maximum absolute atomic E-state index is 11.0. The van der Waals surface area contributed by atoms with Gasteiger partial charge in [0.1, 0.15) is 0 Å². The largest absolute Gasteiger partial charge is 0.325 e. The summed E-state index contributed by atoms with van der Waals surface area (Å²) in [5.74, 6) is -0.273. The van der Waals surface area contributed by atoms with Crippen molar-refractivity contribution in [1.29, 1.82) is 0 Å². The topological polar surface area (TPSA) is 76.1 Å². The van der Waals surface area contributed by atoms with Gasteiger partial charge in [0.15, 0.2) is 5.03 Å². The van der Waals surface area contributed by atoms with Crippen LogP contribution in [0.5, 0.6) is 0 Å². The van der Waals surface area contributed by atoms with Gasteiger partial charge in [-0.1, -0.05) is 0 Å². The van der Waals surface area contributed by atoms with E-state index in [1.807, 2.05) is 0 Å². The lowest BCUT2D eigenvalue weighted by molar-refractivity contribution is -0.114. The van der Waals surface area contributed by atoms with Crippen molar-refractivity contribution in [1.82, 2.24) is 4.98 Å². The molecule has 1 N–H and O–H groups in total. The van der Waals surface area contributed by atoms with Gasteiger partial charge in [-0.2, -0.15) is 0 Å². The van der Waals surface area contributed by atoms with Crippen molar-refractivity contribution in [3.05, 3.63) is 16.7 Å². The second kappa shape index (κ2) is 4.46. The fraction of sp³-hybridized carbons (Fsp3) is 0.143. The average Bonchev–Trinajstić information content (AvgIpc) is 1.99. The molecular formula is C7H6BrClN2O3S. The first-order valence-electron chi connectivity index (χ1n) is 3.68. The zero-order valence-corrected chi connectivity index (χ0v) is 10.6. The number of rotatable bonds is 2. The van der Waals surface area contributed by atoms with Crippen molar-refractivity contribution in [3.8, 4) is 0 Å². The standard InChI is InChI=1S/C7H6BrClN2O3S/c1-4(12)11-5-2-6(8)7(10-3-5)15(9,13)14/h2-3H,1H3,(H,11,12). The van der Waals surface area contributed by atoms with Crippen LogP contribution in [0, 0.1) is 0 Å². The molecule has 0 aliphatic rings. The summed E-state index contributed by atoms with van der Waals surface area (Å²) < 4.78 is 22.1. The Kier molecular flexibility index (Phi) is 3.69. The van der Waals surface area contributed by atoms with Gasteiger partial charge in [0.2, 0.25) is 5.91 Å². The first kappa shape index (κ1) is 12.4. The van der Waals surface area contributed by atoms with Crippen LogP contribution in [-0.2, 0) is 13.8 Å². The van der Waals surface area contributed by atoms with Crippen LogP contribution in [0.25, 0.3) is 0 Å². The summed E-state index contributed by atoms with van der Waals surface area (Å²) in [5, 5.41) is 2.18. The molecule has 15 heavy (non-hydrogen) atoms. The summed E-state index contributed by atoms with van der Waals surface area (Å²) in [7, 11) is 1.24. The first-order chi connectivity index (χ1) is 6.80. The van der Waals surface area contributed by atoms with E-state index in [1.165, 1.54) is 19.2 Å². The van der Waals surface area contributed by atoms with E-state index in [1.54, 1.807) is 0 Å². The van der Waals surface area contributed by atoms with E-state index in [9.17, 15) is 13.2 Å². The zero-order chi connectivity index (χ0) is 11.6. The number of amides is 1. The van der Waals surface area contributed by atoms with Gasteiger partial charge in [-0.3, -0.25) is 4.79 Å². The third kappa shape index (κ3) is 3.44. The normalized spacial score (nSPS) is 11.1. The Morgan fingerprint density at radius 2 is 2.20 bits per heavy atom. The number of nitrogens with one attached hydrogen (secondary N) is 1. The molecule has 0 fully saturated rings. The number of carbonyl (C=O) groups excluding carboxylic acids is 1. The van der Waals surface area contributed by atoms with Gasteiger partial charge >= 0.3 is 0 Å². The van der Waals surface area contributed by atoms with Crippen molar-refractivity contribution in [3.63, 3.8) is 0 Å². The summed E-state index contributed by atoms with van der Waals surface area (Å²) in [6, 6.07) is 1.41. The number of hydrogen-bond acceptors (Lipinski definition) is 4. The molecule has 0 aliphatic carbocycles. The molecule has 1 rings (SSSR count). The molecule has 0 bridgehead atoms. The highest BCUT2D eigenvalue weighted by Gasteiger charge is 2.16. The number of anilines is 1. The molecule has 0 spiro atoms. The zero-order valence-electron chi connectivity index (χ0n) is 7.49. The fourth-order valence-electron chi connectivity index (χ4n) is 0.876. The van der Waals surface area contributed by atoms with E-state index in [0.717, 1.165) is 0 Å². The predicted octanol–water partition coefficient (Wildman–Crippen LogP) is 1.73. The third-order valence-corrected chi connectivity index (χ3v) is 3.45.